The van der Waals surface area contributed by atoms with Crippen LogP contribution in [-0.4, -0.2) is 54.0 Å². The SMILES string of the molecule is CN1CCC2(CCN(C(=O)C(O)c3ccccc3)C2)C1. The van der Waals surface area contributed by atoms with E-state index in [0.29, 0.717) is 5.56 Å². The van der Waals surface area contributed by atoms with Crippen LogP contribution in [0.2, 0.25) is 0 Å². The second kappa shape index (κ2) is 5.19. The number of rotatable bonds is 2. The highest BCUT2D eigenvalue weighted by molar-refractivity contribution is 5.82. The monoisotopic (exact) mass is 274 g/mol. The third-order valence-corrected chi connectivity index (χ3v) is 4.73. The van der Waals surface area contributed by atoms with Crippen LogP contribution in [0.25, 0.3) is 0 Å². The van der Waals surface area contributed by atoms with Crippen LogP contribution in [0.1, 0.15) is 24.5 Å². The zero-order valence-electron chi connectivity index (χ0n) is 12.0. The Kier molecular flexibility index (Phi) is 3.52. The molecule has 2 unspecified atom stereocenters. The van der Waals surface area contributed by atoms with Crippen molar-refractivity contribution in [1.82, 2.24) is 9.80 Å². The lowest BCUT2D eigenvalue weighted by atomic mass is 9.86. The van der Waals surface area contributed by atoms with Gasteiger partial charge in [0.15, 0.2) is 6.10 Å². The minimum Gasteiger partial charge on any atom is -0.378 e. The zero-order chi connectivity index (χ0) is 14.2. The van der Waals surface area contributed by atoms with E-state index in [4.69, 9.17) is 0 Å². The predicted octanol–water partition coefficient (Wildman–Crippen LogP) is 1.27. The van der Waals surface area contributed by atoms with Crippen molar-refractivity contribution in [3.63, 3.8) is 0 Å². The lowest BCUT2D eigenvalue weighted by Crippen LogP contribution is -2.36. The van der Waals surface area contributed by atoms with E-state index in [0.717, 1.165) is 39.0 Å². The second-order valence-corrected chi connectivity index (χ2v) is 6.31. The molecule has 20 heavy (non-hydrogen) atoms. The van der Waals surface area contributed by atoms with E-state index in [2.05, 4.69) is 11.9 Å². The first-order valence-corrected chi connectivity index (χ1v) is 7.30. The van der Waals surface area contributed by atoms with Crippen molar-refractivity contribution in [2.75, 3.05) is 33.2 Å². The van der Waals surface area contributed by atoms with Crippen molar-refractivity contribution in [2.45, 2.75) is 18.9 Å². The Morgan fingerprint density at radius 1 is 1.20 bits per heavy atom. The summed E-state index contributed by atoms with van der Waals surface area (Å²) in [5, 5.41) is 10.2. The smallest absolute Gasteiger partial charge is 0.256 e. The van der Waals surface area contributed by atoms with E-state index in [-0.39, 0.29) is 11.3 Å². The molecule has 1 aromatic carbocycles. The summed E-state index contributed by atoms with van der Waals surface area (Å²) in [6, 6.07) is 9.20. The summed E-state index contributed by atoms with van der Waals surface area (Å²) in [4.78, 5) is 16.6. The van der Waals surface area contributed by atoms with Crippen LogP contribution < -0.4 is 0 Å². The van der Waals surface area contributed by atoms with Gasteiger partial charge in [0, 0.05) is 25.0 Å². The Hall–Kier alpha value is -1.39. The van der Waals surface area contributed by atoms with Crippen molar-refractivity contribution in [3.05, 3.63) is 35.9 Å². The third-order valence-electron chi connectivity index (χ3n) is 4.73. The highest BCUT2D eigenvalue weighted by Crippen LogP contribution is 2.39. The first-order valence-electron chi connectivity index (χ1n) is 7.30. The minimum atomic E-state index is -1.02. The molecule has 0 aliphatic carbocycles. The average Bonchev–Trinajstić information content (AvgIpc) is 3.05. The van der Waals surface area contributed by atoms with Gasteiger partial charge in [-0.15, -0.1) is 0 Å². The molecule has 3 rings (SSSR count). The molecule has 1 N–H and O–H groups in total. The van der Waals surface area contributed by atoms with E-state index in [9.17, 15) is 9.90 Å². The van der Waals surface area contributed by atoms with Gasteiger partial charge >= 0.3 is 0 Å². The summed E-state index contributed by atoms with van der Waals surface area (Å²) >= 11 is 0. The van der Waals surface area contributed by atoms with Crippen LogP contribution in [-0.2, 0) is 4.79 Å². The molecular weight excluding hydrogens is 252 g/mol. The number of carbonyl (C=O) groups excluding carboxylic acids is 1. The van der Waals surface area contributed by atoms with Gasteiger partial charge in [0.05, 0.1) is 0 Å². The second-order valence-electron chi connectivity index (χ2n) is 6.31. The van der Waals surface area contributed by atoms with Crippen molar-refractivity contribution < 1.29 is 9.90 Å². The van der Waals surface area contributed by atoms with Gasteiger partial charge < -0.3 is 14.9 Å². The molecule has 4 heteroatoms. The fourth-order valence-corrected chi connectivity index (χ4v) is 3.57. The first kappa shape index (κ1) is 13.6. The van der Waals surface area contributed by atoms with Gasteiger partial charge in [-0.2, -0.15) is 0 Å². The number of hydrogen-bond acceptors (Lipinski definition) is 3. The fourth-order valence-electron chi connectivity index (χ4n) is 3.57. The third kappa shape index (κ3) is 2.45. The number of benzene rings is 1. The van der Waals surface area contributed by atoms with Gasteiger partial charge in [-0.3, -0.25) is 4.79 Å². The molecule has 2 aliphatic rings. The maximum atomic E-state index is 12.4. The zero-order valence-corrected chi connectivity index (χ0v) is 12.0. The molecule has 4 nitrogen and oxygen atoms in total. The number of carbonyl (C=O) groups is 1. The maximum Gasteiger partial charge on any atom is 0.256 e. The summed E-state index contributed by atoms with van der Waals surface area (Å²) < 4.78 is 0. The lowest BCUT2D eigenvalue weighted by Gasteiger charge is -2.25. The Balaban J connectivity index is 1.67. The van der Waals surface area contributed by atoms with Crippen molar-refractivity contribution in [1.29, 1.82) is 0 Å². The van der Waals surface area contributed by atoms with Crippen LogP contribution in [0.5, 0.6) is 0 Å². The van der Waals surface area contributed by atoms with Crippen LogP contribution in [0.3, 0.4) is 0 Å². The van der Waals surface area contributed by atoms with E-state index < -0.39 is 6.10 Å². The molecule has 2 heterocycles. The van der Waals surface area contributed by atoms with E-state index >= 15 is 0 Å². The van der Waals surface area contributed by atoms with Crippen LogP contribution >= 0.6 is 0 Å². The van der Waals surface area contributed by atoms with E-state index in [1.54, 1.807) is 12.1 Å². The van der Waals surface area contributed by atoms with Crippen molar-refractivity contribution >= 4 is 5.91 Å². The van der Waals surface area contributed by atoms with E-state index in [1.807, 2.05) is 23.1 Å². The van der Waals surface area contributed by atoms with E-state index in [1.165, 1.54) is 0 Å². The highest BCUT2D eigenvalue weighted by atomic mass is 16.3. The molecule has 0 aromatic heterocycles. The Morgan fingerprint density at radius 2 is 1.90 bits per heavy atom. The highest BCUT2D eigenvalue weighted by Gasteiger charge is 2.44. The number of likely N-dealkylation sites (tertiary alicyclic amines) is 2. The molecule has 0 radical (unpaired) electrons. The van der Waals surface area contributed by atoms with Crippen molar-refractivity contribution in [3.8, 4) is 0 Å². The maximum absolute atomic E-state index is 12.4. The molecule has 0 saturated carbocycles. The predicted molar refractivity (Wildman–Crippen MR) is 77.1 cm³/mol. The van der Waals surface area contributed by atoms with Gasteiger partial charge in [-0.1, -0.05) is 30.3 Å². The van der Waals surface area contributed by atoms with Gasteiger partial charge in [-0.25, -0.2) is 0 Å². The first-order chi connectivity index (χ1) is 9.60. The van der Waals surface area contributed by atoms with Crippen LogP contribution in [0.15, 0.2) is 30.3 Å². The average molecular weight is 274 g/mol. The van der Waals surface area contributed by atoms with Gasteiger partial charge in [0.1, 0.15) is 0 Å². The molecule has 2 atom stereocenters. The summed E-state index contributed by atoms with van der Waals surface area (Å²) in [5.41, 5.74) is 0.947. The molecular formula is C16H22N2O2. The molecule has 2 aliphatic heterocycles. The summed E-state index contributed by atoms with van der Waals surface area (Å²) in [6.07, 6.45) is 1.20. The normalized spacial score (nSPS) is 28.2. The minimum absolute atomic E-state index is 0.150. The molecule has 1 aromatic rings. The van der Waals surface area contributed by atoms with Gasteiger partial charge in [0.25, 0.3) is 5.91 Å². The summed E-state index contributed by atoms with van der Waals surface area (Å²) in [6.45, 7) is 3.75. The number of hydrogen-bond donors (Lipinski definition) is 1. The molecule has 1 amide bonds. The fraction of sp³-hybridized carbons (Fsp3) is 0.562. The number of aliphatic hydroxyl groups excluding tert-OH is 1. The molecule has 1 spiro atoms. The molecule has 0 bridgehead atoms. The van der Waals surface area contributed by atoms with Gasteiger partial charge in [-0.05, 0) is 32.0 Å². The molecule has 2 fully saturated rings. The topological polar surface area (TPSA) is 43.8 Å². The Morgan fingerprint density at radius 3 is 2.55 bits per heavy atom. The standard InChI is InChI=1S/C16H22N2O2/c1-17-9-7-16(11-17)8-10-18(12-16)15(20)14(19)13-5-3-2-4-6-13/h2-6,14,19H,7-12H2,1H3. The summed E-state index contributed by atoms with van der Waals surface area (Å²) in [5.74, 6) is -0.150. The molecule has 108 valence electrons. The largest absolute Gasteiger partial charge is 0.378 e. The Bertz CT molecular complexity index is 491. The number of amides is 1. The Labute approximate surface area is 120 Å². The van der Waals surface area contributed by atoms with Crippen LogP contribution in [0.4, 0.5) is 0 Å². The number of aliphatic hydroxyl groups is 1. The molecule has 2 saturated heterocycles. The van der Waals surface area contributed by atoms with Crippen molar-refractivity contribution in [2.24, 2.45) is 5.41 Å². The van der Waals surface area contributed by atoms with Gasteiger partial charge in [0.2, 0.25) is 0 Å². The van der Waals surface area contributed by atoms with Crippen LogP contribution in [0, 0.1) is 5.41 Å². The number of nitrogens with zero attached hydrogens (tertiary/aromatic N) is 2. The lowest BCUT2D eigenvalue weighted by molar-refractivity contribution is -0.139. The summed E-state index contributed by atoms with van der Waals surface area (Å²) in [7, 11) is 2.14. The quantitative estimate of drug-likeness (QED) is 0.883.